The highest BCUT2D eigenvalue weighted by atomic mass is 19.4. The Bertz CT molecular complexity index is 946. The first-order chi connectivity index (χ1) is 13.0. The molecule has 0 radical (unpaired) electrons. The molecule has 0 aliphatic carbocycles. The molecular formula is C19H13F6NO2. The lowest BCUT2D eigenvalue weighted by atomic mass is 9.94. The van der Waals surface area contributed by atoms with E-state index in [-0.39, 0.29) is 16.7 Å². The lowest BCUT2D eigenvalue weighted by Gasteiger charge is -2.15. The summed E-state index contributed by atoms with van der Waals surface area (Å²) < 4.78 is 83.3. The molecule has 2 aromatic rings. The van der Waals surface area contributed by atoms with E-state index in [1.54, 1.807) is 0 Å². The molecule has 1 unspecified atom stereocenters. The third-order valence-corrected chi connectivity index (χ3v) is 4.26. The number of ether oxygens (including phenoxy) is 1. The van der Waals surface area contributed by atoms with Crippen molar-refractivity contribution < 1.29 is 35.9 Å². The first-order valence-corrected chi connectivity index (χ1v) is 8.02. The van der Waals surface area contributed by atoms with Gasteiger partial charge in [0.1, 0.15) is 0 Å². The SMILES string of the molecule is NC1=C(c2cccc(C(F)(F)F)c2)C(=O)C(Cc2ccccc2C(F)(F)F)O1. The average Bonchev–Trinajstić information content (AvgIpc) is 2.87. The molecule has 0 bridgehead atoms. The van der Waals surface area contributed by atoms with E-state index in [1.165, 1.54) is 24.3 Å². The molecule has 2 N–H and O–H groups in total. The van der Waals surface area contributed by atoms with E-state index in [0.717, 1.165) is 24.3 Å². The van der Waals surface area contributed by atoms with Crippen LogP contribution >= 0.6 is 0 Å². The number of ketones is 1. The summed E-state index contributed by atoms with van der Waals surface area (Å²) in [6, 6.07) is 8.62. The lowest BCUT2D eigenvalue weighted by molar-refractivity contribution is -0.139. The van der Waals surface area contributed by atoms with Gasteiger partial charge in [0, 0.05) is 6.42 Å². The van der Waals surface area contributed by atoms with Crippen LogP contribution in [0.5, 0.6) is 0 Å². The second-order valence-electron chi connectivity index (χ2n) is 6.15. The molecular weight excluding hydrogens is 388 g/mol. The number of benzene rings is 2. The molecule has 9 heteroatoms. The number of carbonyl (C=O) groups excluding carboxylic acids is 1. The van der Waals surface area contributed by atoms with Crippen LogP contribution in [0, 0.1) is 0 Å². The number of carbonyl (C=O) groups is 1. The van der Waals surface area contributed by atoms with Crippen molar-refractivity contribution >= 4 is 11.4 Å². The largest absolute Gasteiger partial charge is 0.467 e. The summed E-state index contributed by atoms with van der Waals surface area (Å²) in [7, 11) is 0. The highest BCUT2D eigenvalue weighted by Gasteiger charge is 2.39. The second-order valence-corrected chi connectivity index (χ2v) is 6.15. The minimum absolute atomic E-state index is 0.107. The van der Waals surface area contributed by atoms with Crippen molar-refractivity contribution in [3.05, 3.63) is 76.7 Å². The fraction of sp³-hybridized carbons (Fsp3) is 0.211. The van der Waals surface area contributed by atoms with Gasteiger partial charge in [-0.1, -0.05) is 30.3 Å². The fourth-order valence-corrected chi connectivity index (χ4v) is 2.99. The summed E-state index contributed by atoms with van der Waals surface area (Å²) in [5.41, 5.74) is 3.20. The molecule has 3 rings (SSSR count). The molecule has 1 aliphatic rings. The Labute approximate surface area is 155 Å². The Morgan fingerprint density at radius 1 is 0.929 bits per heavy atom. The standard InChI is InChI=1S/C19H13F6NO2/c20-18(21,22)12-6-3-5-11(8-12)15-16(27)14(28-17(15)26)9-10-4-1-2-7-13(10)19(23,24)25/h1-8,14H,9,26H2. The van der Waals surface area contributed by atoms with E-state index in [4.69, 9.17) is 10.5 Å². The smallest absolute Gasteiger partial charge is 0.416 e. The number of halogens is 6. The first-order valence-electron chi connectivity index (χ1n) is 8.02. The zero-order valence-electron chi connectivity index (χ0n) is 14.1. The number of Topliss-reactive ketones (excluding diaryl/α,β-unsaturated/α-hetero) is 1. The molecule has 0 spiro atoms. The van der Waals surface area contributed by atoms with Crippen LogP contribution < -0.4 is 5.73 Å². The maximum atomic E-state index is 13.1. The second kappa shape index (κ2) is 6.88. The Kier molecular flexibility index (Phi) is 4.86. The molecule has 1 heterocycles. The van der Waals surface area contributed by atoms with Gasteiger partial charge in [-0.2, -0.15) is 26.3 Å². The molecule has 148 valence electrons. The zero-order chi connectivity index (χ0) is 20.7. The van der Waals surface area contributed by atoms with Gasteiger partial charge in [0.2, 0.25) is 5.78 Å². The summed E-state index contributed by atoms with van der Waals surface area (Å²) in [4.78, 5) is 12.6. The molecule has 0 saturated heterocycles. The predicted molar refractivity (Wildman–Crippen MR) is 87.6 cm³/mol. The quantitative estimate of drug-likeness (QED) is 0.768. The van der Waals surface area contributed by atoms with Crippen LogP contribution in [-0.4, -0.2) is 11.9 Å². The molecule has 0 aromatic heterocycles. The van der Waals surface area contributed by atoms with Gasteiger partial charge in [0.15, 0.2) is 12.0 Å². The van der Waals surface area contributed by atoms with E-state index >= 15 is 0 Å². The number of hydrogen-bond donors (Lipinski definition) is 1. The third kappa shape index (κ3) is 3.83. The van der Waals surface area contributed by atoms with Crippen LogP contribution in [0.2, 0.25) is 0 Å². The van der Waals surface area contributed by atoms with Crippen LogP contribution in [0.4, 0.5) is 26.3 Å². The van der Waals surface area contributed by atoms with E-state index in [9.17, 15) is 31.1 Å². The van der Waals surface area contributed by atoms with Gasteiger partial charge in [-0.25, -0.2) is 0 Å². The minimum atomic E-state index is -4.63. The molecule has 2 aromatic carbocycles. The van der Waals surface area contributed by atoms with Crippen molar-refractivity contribution in [1.82, 2.24) is 0 Å². The third-order valence-electron chi connectivity index (χ3n) is 4.26. The summed E-state index contributed by atoms with van der Waals surface area (Å²) >= 11 is 0. The van der Waals surface area contributed by atoms with Gasteiger partial charge in [-0.15, -0.1) is 0 Å². The lowest BCUT2D eigenvalue weighted by Crippen LogP contribution is -2.23. The van der Waals surface area contributed by atoms with Crippen molar-refractivity contribution in [1.29, 1.82) is 0 Å². The van der Waals surface area contributed by atoms with Crippen molar-refractivity contribution in [3.8, 4) is 0 Å². The molecule has 0 fully saturated rings. The summed E-state index contributed by atoms with van der Waals surface area (Å²) in [6.07, 6.45) is -11.0. The molecule has 0 saturated carbocycles. The van der Waals surface area contributed by atoms with Crippen molar-refractivity contribution in [2.45, 2.75) is 24.9 Å². The van der Waals surface area contributed by atoms with Crippen molar-refractivity contribution in [2.24, 2.45) is 5.73 Å². The summed E-state index contributed by atoms with van der Waals surface area (Å²) in [5, 5.41) is 0. The van der Waals surface area contributed by atoms with Crippen LogP contribution in [0.25, 0.3) is 5.57 Å². The monoisotopic (exact) mass is 401 g/mol. The van der Waals surface area contributed by atoms with Crippen LogP contribution in [0.15, 0.2) is 54.4 Å². The Hall–Kier alpha value is -2.97. The highest BCUT2D eigenvalue weighted by Crippen LogP contribution is 2.36. The molecule has 0 amide bonds. The predicted octanol–water partition coefficient (Wildman–Crippen LogP) is 4.56. The normalized spacial score (nSPS) is 17.8. The van der Waals surface area contributed by atoms with Gasteiger partial charge in [-0.3, -0.25) is 4.79 Å². The Morgan fingerprint density at radius 3 is 2.25 bits per heavy atom. The Balaban J connectivity index is 1.89. The first kappa shape index (κ1) is 19.8. The van der Waals surface area contributed by atoms with Crippen molar-refractivity contribution in [2.75, 3.05) is 0 Å². The van der Waals surface area contributed by atoms with Gasteiger partial charge in [0.05, 0.1) is 16.7 Å². The zero-order valence-corrected chi connectivity index (χ0v) is 14.1. The summed E-state index contributed by atoms with van der Waals surface area (Å²) in [5.74, 6) is -1.19. The van der Waals surface area contributed by atoms with Gasteiger partial charge < -0.3 is 10.5 Å². The van der Waals surface area contributed by atoms with Crippen LogP contribution in [0.1, 0.15) is 22.3 Å². The molecule has 28 heavy (non-hydrogen) atoms. The number of rotatable bonds is 3. The highest BCUT2D eigenvalue weighted by molar-refractivity contribution is 6.25. The maximum absolute atomic E-state index is 13.1. The fourth-order valence-electron chi connectivity index (χ4n) is 2.99. The van der Waals surface area contributed by atoms with E-state index in [0.29, 0.717) is 0 Å². The summed E-state index contributed by atoms with van der Waals surface area (Å²) in [6.45, 7) is 0. The maximum Gasteiger partial charge on any atom is 0.416 e. The number of alkyl halides is 6. The van der Waals surface area contributed by atoms with Crippen LogP contribution in [0.3, 0.4) is 0 Å². The topological polar surface area (TPSA) is 52.3 Å². The van der Waals surface area contributed by atoms with Gasteiger partial charge in [-0.05, 0) is 29.3 Å². The van der Waals surface area contributed by atoms with Crippen LogP contribution in [-0.2, 0) is 28.3 Å². The molecule has 1 atom stereocenters. The average molecular weight is 401 g/mol. The molecule has 3 nitrogen and oxygen atoms in total. The van der Waals surface area contributed by atoms with Crippen molar-refractivity contribution in [3.63, 3.8) is 0 Å². The number of hydrogen-bond acceptors (Lipinski definition) is 3. The van der Waals surface area contributed by atoms with E-state index < -0.39 is 47.7 Å². The number of nitrogens with two attached hydrogens (primary N) is 1. The van der Waals surface area contributed by atoms with Gasteiger partial charge in [0.25, 0.3) is 0 Å². The van der Waals surface area contributed by atoms with Gasteiger partial charge >= 0.3 is 12.4 Å². The van der Waals surface area contributed by atoms with E-state index in [1.807, 2.05) is 0 Å². The van der Waals surface area contributed by atoms with E-state index in [2.05, 4.69) is 0 Å². The minimum Gasteiger partial charge on any atom is -0.467 e. The molecule has 1 aliphatic heterocycles. The Morgan fingerprint density at radius 2 is 1.61 bits per heavy atom.